The molecule has 122 valence electrons. The molecule has 0 unspecified atom stereocenters. The molecule has 0 aliphatic rings. The van der Waals surface area contributed by atoms with Crippen molar-refractivity contribution in [2.45, 2.75) is 57.8 Å². The van der Waals surface area contributed by atoms with Crippen LogP contribution in [0.5, 0.6) is 0 Å². The van der Waals surface area contributed by atoms with Gasteiger partial charge in [0.25, 0.3) is 0 Å². The summed E-state index contributed by atoms with van der Waals surface area (Å²) in [5.41, 5.74) is 0. The molecular weight excluding hydrogens is 284 g/mol. The van der Waals surface area contributed by atoms with Crippen molar-refractivity contribution in [1.82, 2.24) is 0 Å². The van der Waals surface area contributed by atoms with Crippen LogP contribution < -0.4 is 0 Å². The van der Waals surface area contributed by atoms with E-state index in [4.69, 9.17) is 20.4 Å². The summed E-state index contributed by atoms with van der Waals surface area (Å²) in [6, 6.07) is 0. The second-order valence-electron chi connectivity index (χ2n) is 4.34. The lowest BCUT2D eigenvalue weighted by molar-refractivity contribution is -0.139. The van der Waals surface area contributed by atoms with Gasteiger partial charge in [-0.05, 0) is 25.7 Å². The van der Waals surface area contributed by atoms with E-state index in [1.807, 2.05) is 0 Å². The first-order chi connectivity index (χ1) is 9.75. The summed E-state index contributed by atoms with van der Waals surface area (Å²) in [5.74, 6) is -3.38. The minimum atomic E-state index is -0.870. The van der Waals surface area contributed by atoms with Crippen LogP contribution in [0.1, 0.15) is 57.8 Å². The third kappa shape index (κ3) is 27.2. The van der Waals surface area contributed by atoms with Crippen LogP contribution in [-0.4, -0.2) is 44.3 Å². The maximum Gasteiger partial charge on any atom is 0.303 e. The fraction of sp³-hybridized carbons (Fsp3) is 0.692. The molecule has 0 aliphatic carbocycles. The fourth-order valence-corrected chi connectivity index (χ4v) is 1.28. The minimum absolute atomic E-state index is 0.0628. The summed E-state index contributed by atoms with van der Waals surface area (Å²) in [6.07, 6.45) is 3.12. The van der Waals surface area contributed by atoms with Gasteiger partial charge in [0.1, 0.15) is 0 Å². The first kappa shape index (κ1) is 21.2. The molecule has 0 aromatic rings. The Morgan fingerprint density at radius 2 is 0.619 bits per heavy atom. The lowest BCUT2D eigenvalue weighted by Gasteiger charge is -1.94. The minimum Gasteiger partial charge on any atom is -0.481 e. The zero-order chi connectivity index (χ0) is 16.7. The predicted molar refractivity (Wildman–Crippen MR) is 72.1 cm³/mol. The van der Waals surface area contributed by atoms with Crippen molar-refractivity contribution in [2.75, 3.05) is 0 Å². The lowest BCUT2D eigenvalue weighted by atomic mass is 10.1. The number of hydrogen-bond acceptors (Lipinski definition) is 4. The number of unbranched alkanes of at least 4 members (excludes halogenated alkanes) is 3. The number of aliphatic carboxylic acids is 4. The highest BCUT2D eigenvalue weighted by atomic mass is 16.4. The summed E-state index contributed by atoms with van der Waals surface area (Å²) in [5, 5.41) is 32.7. The maximum atomic E-state index is 9.98. The van der Waals surface area contributed by atoms with Gasteiger partial charge >= 0.3 is 23.9 Å². The number of carboxylic acids is 4. The number of rotatable bonds is 11. The number of carbonyl (C=O) groups is 4. The van der Waals surface area contributed by atoms with Crippen LogP contribution in [0.3, 0.4) is 0 Å². The van der Waals surface area contributed by atoms with Crippen LogP contribution >= 0.6 is 0 Å². The second kappa shape index (κ2) is 14.3. The Labute approximate surface area is 122 Å². The van der Waals surface area contributed by atoms with Crippen molar-refractivity contribution >= 4 is 23.9 Å². The fourth-order valence-electron chi connectivity index (χ4n) is 1.28. The first-order valence-electron chi connectivity index (χ1n) is 6.63. The van der Waals surface area contributed by atoms with Gasteiger partial charge in [-0.1, -0.05) is 6.42 Å². The highest BCUT2D eigenvalue weighted by Gasteiger charge is 1.99. The monoisotopic (exact) mass is 306 g/mol. The maximum absolute atomic E-state index is 9.98. The highest BCUT2D eigenvalue weighted by molar-refractivity contribution is 5.68. The average Bonchev–Trinajstić information content (AvgIpc) is 2.34. The van der Waals surface area contributed by atoms with Crippen LogP contribution in [0.2, 0.25) is 0 Å². The van der Waals surface area contributed by atoms with E-state index in [9.17, 15) is 19.2 Å². The van der Waals surface area contributed by atoms with Crippen molar-refractivity contribution in [1.29, 1.82) is 0 Å². The largest absolute Gasteiger partial charge is 0.481 e. The second-order valence-corrected chi connectivity index (χ2v) is 4.34. The van der Waals surface area contributed by atoms with Crippen LogP contribution in [0.4, 0.5) is 0 Å². The van der Waals surface area contributed by atoms with E-state index in [-0.39, 0.29) is 25.7 Å². The van der Waals surface area contributed by atoms with Gasteiger partial charge in [-0.2, -0.15) is 0 Å². The first-order valence-corrected chi connectivity index (χ1v) is 6.63. The molecule has 4 N–H and O–H groups in total. The Bertz CT molecular complexity index is 305. The molecule has 0 amide bonds. The third-order valence-electron chi connectivity index (χ3n) is 2.31. The van der Waals surface area contributed by atoms with Gasteiger partial charge in [0, 0.05) is 25.7 Å². The van der Waals surface area contributed by atoms with Gasteiger partial charge in [-0.3, -0.25) is 19.2 Å². The van der Waals surface area contributed by atoms with E-state index in [1.54, 1.807) is 0 Å². The van der Waals surface area contributed by atoms with E-state index >= 15 is 0 Å². The van der Waals surface area contributed by atoms with E-state index in [1.165, 1.54) is 0 Å². The molecule has 0 spiro atoms. The van der Waals surface area contributed by atoms with Gasteiger partial charge in [0.05, 0.1) is 0 Å². The van der Waals surface area contributed by atoms with Gasteiger partial charge in [0.15, 0.2) is 0 Å². The third-order valence-corrected chi connectivity index (χ3v) is 2.31. The Morgan fingerprint density at radius 3 is 0.810 bits per heavy atom. The molecule has 0 aromatic carbocycles. The predicted octanol–water partition coefficient (Wildman–Crippen LogP) is 1.82. The molecule has 0 saturated carbocycles. The number of carboxylic acid groups (broad SMARTS) is 4. The van der Waals surface area contributed by atoms with Crippen molar-refractivity contribution in [2.24, 2.45) is 0 Å². The van der Waals surface area contributed by atoms with Crippen LogP contribution in [0, 0.1) is 0 Å². The zero-order valence-electron chi connectivity index (χ0n) is 11.8. The molecule has 21 heavy (non-hydrogen) atoms. The SMILES string of the molecule is O=C(O)CCCCC(=O)O.O=C(O)CCCCCC(=O)O. The average molecular weight is 306 g/mol. The van der Waals surface area contributed by atoms with Gasteiger partial charge < -0.3 is 20.4 Å². The molecule has 0 bridgehead atoms. The van der Waals surface area contributed by atoms with Gasteiger partial charge in [-0.25, -0.2) is 0 Å². The molecule has 8 heteroatoms. The summed E-state index contributed by atoms with van der Waals surface area (Å²) in [6.45, 7) is 0. The van der Waals surface area contributed by atoms with Crippen LogP contribution in [-0.2, 0) is 19.2 Å². The van der Waals surface area contributed by atoms with E-state index < -0.39 is 23.9 Å². The van der Waals surface area contributed by atoms with Crippen LogP contribution in [0.15, 0.2) is 0 Å². The molecule has 0 heterocycles. The standard InChI is InChI=1S/C7H12O4.C6H10O4/c8-6(9)4-2-1-3-5-7(10)11;7-5(8)3-1-2-4-6(9)10/h1-5H2,(H,8,9)(H,10,11);1-4H2,(H,7,8)(H,9,10). The molecule has 0 rings (SSSR count). The van der Waals surface area contributed by atoms with Crippen LogP contribution in [0.25, 0.3) is 0 Å². The highest BCUT2D eigenvalue weighted by Crippen LogP contribution is 2.02. The van der Waals surface area contributed by atoms with Gasteiger partial charge in [-0.15, -0.1) is 0 Å². The quantitative estimate of drug-likeness (QED) is 0.422. The summed E-state index contributed by atoms with van der Waals surface area (Å²) in [4.78, 5) is 39.8. The summed E-state index contributed by atoms with van der Waals surface area (Å²) >= 11 is 0. The Balaban J connectivity index is 0. The normalized spacial score (nSPS) is 9.33. The molecule has 0 aliphatic heterocycles. The Kier molecular flexibility index (Phi) is 14.4. The summed E-state index contributed by atoms with van der Waals surface area (Å²) < 4.78 is 0. The number of hydrogen-bond donors (Lipinski definition) is 4. The van der Waals surface area contributed by atoms with E-state index in [2.05, 4.69) is 0 Å². The molecular formula is C13H22O8. The molecule has 8 nitrogen and oxygen atoms in total. The topological polar surface area (TPSA) is 149 Å². The van der Waals surface area contributed by atoms with Gasteiger partial charge in [0.2, 0.25) is 0 Å². The molecule has 0 aromatic heterocycles. The molecule has 0 radical (unpaired) electrons. The zero-order valence-corrected chi connectivity index (χ0v) is 11.8. The van der Waals surface area contributed by atoms with Crippen molar-refractivity contribution in [3.05, 3.63) is 0 Å². The lowest BCUT2D eigenvalue weighted by Crippen LogP contribution is -1.97. The van der Waals surface area contributed by atoms with Crippen molar-refractivity contribution in [3.63, 3.8) is 0 Å². The van der Waals surface area contributed by atoms with Crippen molar-refractivity contribution < 1.29 is 39.6 Å². The summed E-state index contributed by atoms with van der Waals surface area (Å²) in [7, 11) is 0. The Morgan fingerprint density at radius 1 is 0.429 bits per heavy atom. The molecule has 0 saturated heterocycles. The molecule has 0 fully saturated rings. The smallest absolute Gasteiger partial charge is 0.303 e. The Hall–Kier alpha value is -2.12. The van der Waals surface area contributed by atoms with E-state index in [0.29, 0.717) is 32.1 Å². The van der Waals surface area contributed by atoms with Crippen molar-refractivity contribution in [3.8, 4) is 0 Å². The van der Waals surface area contributed by atoms with E-state index in [0.717, 1.165) is 0 Å². The molecule has 0 atom stereocenters.